The average Bonchev–Trinajstić information content (AvgIpc) is 2.78. The fourth-order valence-electron chi connectivity index (χ4n) is 2.43. The molecule has 1 heterocycles. The Hall–Kier alpha value is -2.11. The summed E-state index contributed by atoms with van der Waals surface area (Å²) in [5, 5.41) is 2.75. The lowest BCUT2D eigenvalue weighted by Gasteiger charge is -2.32. The first-order valence-corrected chi connectivity index (χ1v) is 7.24. The number of nitrogens with zero attached hydrogens (tertiary/aromatic N) is 1. The SMILES string of the molecule is CC(C)(C)N1CC(NC(=O)COc2ccccc2F)CC1=O. The normalized spacial score (nSPS) is 18.5. The van der Waals surface area contributed by atoms with E-state index < -0.39 is 5.82 Å². The van der Waals surface area contributed by atoms with Crippen molar-refractivity contribution in [1.82, 2.24) is 10.2 Å². The Bertz CT molecular complexity index is 569. The second-order valence-corrected chi connectivity index (χ2v) is 6.36. The van der Waals surface area contributed by atoms with Gasteiger partial charge in [0.1, 0.15) is 0 Å². The maximum absolute atomic E-state index is 13.4. The van der Waals surface area contributed by atoms with Crippen LogP contribution in [0.5, 0.6) is 5.75 Å². The third-order valence-corrected chi connectivity index (χ3v) is 3.50. The Labute approximate surface area is 129 Å². The molecule has 1 fully saturated rings. The van der Waals surface area contributed by atoms with Crippen molar-refractivity contribution in [1.29, 1.82) is 0 Å². The molecule has 2 amide bonds. The summed E-state index contributed by atoms with van der Waals surface area (Å²) in [6, 6.07) is 5.68. The Kier molecular flexibility index (Phi) is 4.68. The number of ether oxygens (including phenoxy) is 1. The summed E-state index contributed by atoms with van der Waals surface area (Å²) in [5.41, 5.74) is -0.264. The van der Waals surface area contributed by atoms with Crippen molar-refractivity contribution in [2.24, 2.45) is 0 Å². The number of likely N-dealkylation sites (tertiary alicyclic amines) is 1. The summed E-state index contributed by atoms with van der Waals surface area (Å²) in [6.45, 7) is 6.07. The summed E-state index contributed by atoms with van der Waals surface area (Å²) in [5.74, 6) is -0.814. The molecule has 0 saturated carbocycles. The highest BCUT2D eigenvalue weighted by Crippen LogP contribution is 2.22. The van der Waals surface area contributed by atoms with Crippen molar-refractivity contribution < 1.29 is 18.7 Å². The lowest BCUT2D eigenvalue weighted by molar-refractivity contribution is -0.131. The zero-order chi connectivity index (χ0) is 16.3. The first-order chi connectivity index (χ1) is 10.3. The first-order valence-electron chi connectivity index (χ1n) is 7.24. The van der Waals surface area contributed by atoms with Gasteiger partial charge >= 0.3 is 0 Å². The van der Waals surface area contributed by atoms with Gasteiger partial charge in [-0.1, -0.05) is 12.1 Å². The molecule has 0 radical (unpaired) electrons. The predicted molar refractivity (Wildman–Crippen MR) is 79.9 cm³/mol. The number of para-hydroxylation sites is 1. The van der Waals surface area contributed by atoms with E-state index in [2.05, 4.69) is 5.32 Å². The van der Waals surface area contributed by atoms with Gasteiger partial charge in [-0.05, 0) is 32.9 Å². The number of carbonyl (C=O) groups is 2. The van der Waals surface area contributed by atoms with Crippen molar-refractivity contribution >= 4 is 11.8 Å². The van der Waals surface area contributed by atoms with E-state index in [1.54, 1.807) is 17.0 Å². The molecule has 22 heavy (non-hydrogen) atoms. The molecule has 1 atom stereocenters. The van der Waals surface area contributed by atoms with E-state index in [0.29, 0.717) is 6.54 Å². The molecule has 5 nitrogen and oxygen atoms in total. The number of rotatable bonds is 4. The zero-order valence-electron chi connectivity index (χ0n) is 13.1. The standard InChI is InChI=1S/C16H21FN2O3/c1-16(2,3)19-9-11(8-15(19)21)18-14(20)10-22-13-7-5-4-6-12(13)17/h4-7,11H,8-10H2,1-3H3,(H,18,20). The lowest BCUT2D eigenvalue weighted by atomic mass is 10.1. The van der Waals surface area contributed by atoms with Crippen molar-refractivity contribution in [2.45, 2.75) is 38.8 Å². The number of nitrogens with one attached hydrogen (secondary N) is 1. The minimum Gasteiger partial charge on any atom is -0.481 e. The van der Waals surface area contributed by atoms with Crippen LogP contribution in [0.25, 0.3) is 0 Å². The van der Waals surface area contributed by atoms with Gasteiger partial charge < -0.3 is 15.0 Å². The Morgan fingerprint density at radius 1 is 1.41 bits per heavy atom. The highest BCUT2D eigenvalue weighted by atomic mass is 19.1. The maximum Gasteiger partial charge on any atom is 0.258 e. The van der Waals surface area contributed by atoms with Gasteiger partial charge in [0, 0.05) is 18.5 Å². The van der Waals surface area contributed by atoms with Crippen LogP contribution in [0.3, 0.4) is 0 Å². The minimum absolute atomic E-state index is 0.0211. The highest BCUT2D eigenvalue weighted by Gasteiger charge is 2.36. The molecule has 0 spiro atoms. The summed E-state index contributed by atoms with van der Waals surface area (Å²) in [6.07, 6.45) is 0.280. The van der Waals surface area contributed by atoms with Gasteiger partial charge in [-0.25, -0.2) is 4.39 Å². The van der Waals surface area contributed by atoms with Crippen molar-refractivity contribution in [3.63, 3.8) is 0 Å². The molecule has 0 aliphatic carbocycles. The van der Waals surface area contributed by atoms with E-state index in [1.807, 2.05) is 20.8 Å². The van der Waals surface area contributed by atoms with Crippen LogP contribution in [0, 0.1) is 5.82 Å². The van der Waals surface area contributed by atoms with Gasteiger partial charge in [0.2, 0.25) is 5.91 Å². The number of amides is 2. The van der Waals surface area contributed by atoms with Gasteiger partial charge in [0.25, 0.3) is 5.91 Å². The Balaban J connectivity index is 1.84. The van der Waals surface area contributed by atoms with E-state index in [4.69, 9.17) is 4.74 Å². The predicted octanol–water partition coefficient (Wildman–Crippen LogP) is 1.72. The van der Waals surface area contributed by atoms with Gasteiger partial charge in [-0.15, -0.1) is 0 Å². The first kappa shape index (κ1) is 16.3. The van der Waals surface area contributed by atoms with Crippen molar-refractivity contribution in [3.8, 4) is 5.75 Å². The number of carbonyl (C=O) groups excluding carboxylic acids is 2. The molecule has 2 rings (SSSR count). The smallest absolute Gasteiger partial charge is 0.258 e. The van der Waals surface area contributed by atoms with Gasteiger partial charge in [0.05, 0.1) is 6.04 Å². The van der Waals surface area contributed by atoms with E-state index in [-0.39, 0.29) is 42.2 Å². The second-order valence-electron chi connectivity index (χ2n) is 6.36. The largest absolute Gasteiger partial charge is 0.481 e. The average molecular weight is 308 g/mol. The topological polar surface area (TPSA) is 58.6 Å². The third-order valence-electron chi connectivity index (χ3n) is 3.50. The van der Waals surface area contributed by atoms with Crippen LogP contribution in [0.4, 0.5) is 4.39 Å². The molecule has 1 saturated heterocycles. The number of halogens is 1. The molecule has 1 aromatic rings. The Morgan fingerprint density at radius 3 is 2.68 bits per heavy atom. The van der Waals surface area contributed by atoms with E-state index in [0.717, 1.165) is 0 Å². The van der Waals surface area contributed by atoms with Gasteiger partial charge in [-0.3, -0.25) is 9.59 Å². The van der Waals surface area contributed by atoms with E-state index >= 15 is 0 Å². The van der Waals surface area contributed by atoms with Gasteiger partial charge in [-0.2, -0.15) is 0 Å². The second kappa shape index (κ2) is 6.34. The molecule has 1 unspecified atom stereocenters. The van der Waals surface area contributed by atoms with Crippen LogP contribution >= 0.6 is 0 Å². The molecule has 1 aliphatic heterocycles. The minimum atomic E-state index is -0.509. The molecule has 0 bridgehead atoms. The molecule has 1 N–H and O–H groups in total. The van der Waals surface area contributed by atoms with Gasteiger partial charge in [0.15, 0.2) is 18.2 Å². The fraction of sp³-hybridized carbons (Fsp3) is 0.500. The molecule has 6 heteroatoms. The van der Waals surface area contributed by atoms with Crippen LogP contribution in [-0.2, 0) is 9.59 Å². The zero-order valence-corrected chi connectivity index (χ0v) is 13.1. The maximum atomic E-state index is 13.4. The van der Waals surface area contributed by atoms with Crippen LogP contribution in [0.1, 0.15) is 27.2 Å². The summed E-state index contributed by atoms with van der Waals surface area (Å²) >= 11 is 0. The van der Waals surface area contributed by atoms with Crippen molar-refractivity contribution in [3.05, 3.63) is 30.1 Å². The molecule has 1 aliphatic rings. The van der Waals surface area contributed by atoms with E-state index in [9.17, 15) is 14.0 Å². The number of hydrogen-bond acceptors (Lipinski definition) is 3. The third kappa shape index (κ3) is 3.96. The molecule has 0 aromatic heterocycles. The highest BCUT2D eigenvalue weighted by molar-refractivity contribution is 5.83. The van der Waals surface area contributed by atoms with Crippen LogP contribution in [0.15, 0.2) is 24.3 Å². The van der Waals surface area contributed by atoms with Crippen molar-refractivity contribution in [2.75, 3.05) is 13.2 Å². The van der Waals surface area contributed by atoms with Crippen LogP contribution in [-0.4, -0.2) is 41.4 Å². The molecular weight excluding hydrogens is 287 g/mol. The van der Waals surface area contributed by atoms with Crippen LogP contribution in [0.2, 0.25) is 0 Å². The molecule has 120 valence electrons. The number of hydrogen-bond donors (Lipinski definition) is 1. The monoisotopic (exact) mass is 308 g/mol. The quantitative estimate of drug-likeness (QED) is 0.921. The summed E-state index contributed by atoms with van der Waals surface area (Å²) in [7, 11) is 0. The molecule has 1 aromatic carbocycles. The Morgan fingerprint density at radius 2 is 2.09 bits per heavy atom. The number of benzene rings is 1. The summed E-state index contributed by atoms with van der Waals surface area (Å²) in [4.78, 5) is 25.5. The molecular formula is C16H21FN2O3. The summed E-state index contributed by atoms with van der Waals surface area (Å²) < 4.78 is 18.5. The lowest BCUT2D eigenvalue weighted by Crippen LogP contribution is -2.45. The van der Waals surface area contributed by atoms with Crippen LogP contribution < -0.4 is 10.1 Å². The fourth-order valence-corrected chi connectivity index (χ4v) is 2.43. The van der Waals surface area contributed by atoms with E-state index in [1.165, 1.54) is 12.1 Å².